The summed E-state index contributed by atoms with van der Waals surface area (Å²) in [7, 11) is 0. The van der Waals surface area contributed by atoms with Gasteiger partial charge in [0.05, 0.1) is 23.1 Å². The lowest BCUT2D eigenvalue weighted by Gasteiger charge is -2.28. The number of Topliss-reactive ketones (excluding diaryl/α,β-unsaturated/α-hetero) is 1. The average molecular weight is 564 g/mol. The molecule has 8 heteroatoms. The van der Waals surface area contributed by atoms with Gasteiger partial charge in [-0.05, 0) is 79.3 Å². The van der Waals surface area contributed by atoms with Crippen LogP contribution in [0.15, 0.2) is 78.9 Å². The van der Waals surface area contributed by atoms with Crippen LogP contribution in [0, 0.1) is 11.8 Å². The fourth-order valence-corrected chi connectivity index (χ4v) is 5.87. The number of rotatable bonds is 8. The van der Waals surface area contributed by atoms with E-state index in [1.807, 2.05) is 18.2 Å². The standard InChI is InChI=1S/C31H27Cl2NO5/c32-17-16-27(28(35)20-6-11-23(33)12-7-20)39-31(38)21-8-13-24(14-9-21)34-29(36)25-15-10-22(18-26(25)30(34)37)19-4-2-1-3-5-19/h1-9,11-14,22,25-27H,10,15-18H2/t22-,25+,26-,27+/m1/s1. The first kappa shape index (κ1) is 27.1. The third kappa shape index (κ3) is 5.63. The topological polar surface area (TPSA) is 80.8 Å². The Balaban J connectivity index is 1.27. The van der Waals surface area contributed by atoms with Crippen molar-refractivity contribution in [3.8, 4) is 0 Å². The maximum atomic E-state index is 13.3. The molecule has 0 N–H and O–H groups in total. The van der Waals surface area contributed by atoms with Crippen molar-refractivity contribution >= 4 is 52.5 Å². The highest BCUT2D eigenvalue weighted by atomic mass is 35.5. The summed E-state index contributed by atoms with van der Waals surface area (Å²) in [5, 5.41) is 0.489. The van der Waals surface area contributed by atoms with Gasteiger partial charge in [0.1, 0.15) is 0 Å². The average Bonchev–Trinajstić information content (AvgIpc) is 3.22. The summed E-state index contributed by atoms with van der Waals surface area (Å²) >= 11 is 11.8. The predicted octanol–water partition coefficient (Wildman–Crippen LogP) is 6.45. The summed E-state index contributed by atoms with van der Waals surface area (Å²) in [6.07, 6.45) is 1.26. The zero-order chi connectivity index (χ0) is 27.5. The molecule has 2 aliphatic rings. The van der Waals surface area contributed by atoms with Crippen molar-refractivity contribution in [2.45, 2.75) is 37.7 Å². The monoisotopic (exact) mass is 563 g/mol. The normalized spacial score (nSPS) is 21.4. The van der Waals surface area contributed by atoms with E-state index in [-0.39, 0.29) is 53.2 Å². The Labute approximate surface area is 236 Å². The number of ether oxygens (including phenoxy) is 1. The minimum absolute atomic E-state index is 0.128. The van der Waals surface area contributed by atoms with Gasteiger partial charge in [-0.3, -0.25) is 19.3 Å². The van der Waals surface area contributed by atoms with Crippen LogP contribution >= 0.6 is 23.2 Å². The van der Waals surface area contributed by atoms with Crippen LogP contribution < -0.4 is 4.90 Å². The number of carbonyl (C=O) groups is 4. The number of hydrogen-bond donors (Lipinski definition) is 0. The Morgan fingerprint density at radius 1 is 0.846 bits per heavy atom. The number of nitrogens with zero attached hydrogens (tertiary/aromatic N) is 1. The summed E-state index contributed by atoms with van der Waals surface area (Å²) in [6, 6.07) is 22.5. The molecule has 0 radical (unpaired) electrons. The number of halogens is 2. The number of ketones is 1. The number of benzene rings is 3. The molecule has 4 atom stereocenters. The number of esters is 1. The van der Waals surface area contributed by atoms with Crippen LogP contribution in [-0.2, 0) is 14.3 Å². The number of hydrogen-bond acceptors (Lipinski definition) is 5. The van der Waals surface area contributed by atoms with E-state index in [1.54, 1.807) is 36.4 Å². The first-order chi connectivity index (χ1) is 18.9. The van der Waals surface area contributed by atoms with Crippen LogP contribution in [0.4, 0.5) is 5.69 Å². The van der Waals surface area contributed by atoms with Gasteiger partial charge in [-0.1, -0.05) is 41.9 Å². The minimum atomic E-state index is -1.06. The number of alkyl halides is 1. The number of amides is 2. The van der Waals surface area contributed by atoms with Crippen molar-refractivity contribution in [1.29, 1.82) is 0 Å². The van der Waals surface area contributed by atoms with Gasteiger partial charge in [0, 0.05) is 22.9 Å². The molecule has 200 valence electrons. The molecule has 2 amide bonds. The molecule has 1 aliphatic carbocycles. The molecule has 0 bridgehead atoms. The zero-order valence-electron chi connectivity index (χ0n) is 21.1. The fraction of sp³-hybridized carbons (Fsp3) is 0.290. The highest BCUT2D eigenvalue weighted by molar-refractivity contribution is 6.30. The van der Waals surface area contributed by atoms with Gasteiger partial charge in [0.15, 0.2) is 6.10 Å². The first-order valence-corrected chi connectivity index (χ1v) is 13.9. The van der Waals surface area contributed by atoms with Crippen LogP contribution in [0.2, 0.25) is 5.02 Å². The maximum absolute atomic E-state index is 13.3. The van der Waals surface area contributed by atoms with Gasteiger partial charge in [-0.25, -0.2) is 4.79 Å². The van der Waals surface area contributed by atoms with Crippen molar-refractivity contribution < 1.29 is 23.9 Å². The smallest absolute Gasteiger partial charge is 0.338 e. The second-order valence-corrected chi connectivity index (χ2v) is 10.7. The van der Waals surface area contributed by atoms with Crippen LogP contribution in [-0.4, -0.2) is 35.6 Å². The van der Waals surface area contributed by atoms with Gasteiger partial charge in [-0.15, -0.1) is 11.6 Å². The Hall–Kier alpha value is -3.48. The van der Waals surface area contributed by atoms with Crippen LogP contribution in [0.5, 0.6) is 0 Å². The van der Waals surface area contributed by atoms with E-state index in [4.69, 9.17) is 27.9 Å². The summed E-state index contributed by atoms with van der Waals surface area (Å²) in [6.45, 7) is 0. The molecular weight excluding hydrogens is 537 g/mol. The Kier molecular flexibility index (Phi) is 8.15. The Bertz CT molecular complexity index is 1370. The van der Waals surface area contributed by atoms with Gasteiger partial charge >= 0.3 is 5.97 Å². The molecule has 5 rings (SSSR count). The molecule has 1 saturated heterocycles. The van der Waals surface area contributed by atoms with Gasteiger partial charge < -0.3 is 4.74 Å². The lowest BCUT2D eigenvalue weighted by Crippen LogP contribution is -2.31. The highest BCUT2D eigenvalue weighted by Crippen LogP contribution is 2.45. The SMILES string of the molecule is O=C(O[C@@H](CCCl)C(=O)c1ccc(Cl)cc1)c1ccc(N2C(=O)[C@H]3CC[C@@H](c4ccccc4)C[C@H]3C2=O)cc1. The molecule has 2 fully saturated rings. The molecule has 3 aromatic carbocycles. The molecule has 1 saturated carbocycles. The van der Waals surface area contributed by atoms with Crippen LogP contribution in [0.25, 0.3) is 0 Å². The molecule has 3 aromatic rings. The Morgan fingerprint density at radius 3 is 2.15 bits per heavy atom. The third-order valence-corrected chi connectivity index (χ3v) is 8.07. The van der Waals surface area contributed by atoms with E-state index in [0.717, 1.165) is 6.42 Å². The van der Waals surface area contributed by atoms with Crippen molar-refractivity contribution in [2.75, 3.05) is 10.8 Å². The second-order valence-electron chi connectivity index (χ2n) is 9.94. The summed E-state index contributed by atoms with van der Waals surface area (Å²) in [5.74, 6) is -1.76. The second kappa shape index (κ2) is 11.7. The van der Waals surface area contributed by atoms with Crippen molar-refractivity contribution in [3.63, 3.8) is 0 Å². The molecule has 39 heavy (non-hydrogen) atoms. The molecule has 0 spiro atoms. The van der Waals surface area contributed by atoms with E-state index in [2.05, 4.69) is 12.1 Å². The summed E-state index contributed by atoms with van der Waals surface area (Å²) in [5.41, 5.74) is 2.17. The lowest BCUT2D eigenvalue weighted by atomic mass is 9.73. The van der Waals surface area contributed by atoms with Crippen molar-refractivity contribution in [3.05, 3.63) is 101 Å². The molecular formula is C31H27Cl2NO5. The van der Waals surface area contributed by atoms with Gasteiger partial charge in [0.2, 0.25) is 17.6 Å². The van der Waals surface area contributed by atoms with E-state index in [1.165, 1.54) is 22.6 Å². The molecule has 1 heterocycles. The van der Waals surface area contributed by atoms with Crippen molar-refractivity contribution in [2.24, 2.45) is 11.8 Å². The predicted molar refractivity (Wildman–Crippen MR) is 149 cm³/mol. The first-order valence-electron chi connectivity index (χ1n) is 13.0. The molecule has 0 unspecified atom stereocenters. The molecule has 0 aromatic heterocycles. The summed E-state index contributed by atoms with van der Waals surface area (Å²) < 4.78 is 5.51. The number of carbonyl (C=O) groups excluding carboxylic acids is 4. The molecule has 6 nitrogen and oxygen atoms in total. The van der Waals surface area contributed by atoms with E-state index < -0.39 is 12.1 Å². The lowest BCUT2D eigenvalue weighted by molar-refractivity contribution is -0.122. The van der Waals surface area contributed by atoms with Crippen LogP contribution in [0.3, 0.4) is 0 Å². The van der Waals surface area contributed by atoms with Gasteiger partial charge in [-0.2, -0.15) is 0 Å². The third-order valence-electron chi connectivity index (χ3n) is 7.60. The highest BCUT2D eigenvalue weighted by Gasteiger charge is 2.50. The van der Waals surface area contributed by atoms with E-state index in [0.29, 0.717) is 29.1 Å². The fourth-order valence-electron chi connectivity index (χ4n) is 5.55. The van der Waals surface area contributed by atoms with E-state index in [9.17, 15) is 19.2 Å². The largest absolute Gasteiger partial charge is 0.450 e. The van der Waals surface area contributed by atoms with Gasteiger partial charge in [0.25, 0.3) is 0 Å². The maximum Gasteiger partial charge on any atom is 0.338 e. The Morgan fingerprint density at radius 2 is 1.49 bits per heavy atom. The zero-order valence-corrected chi connectivity index (χ0v) is 22.6. The summed E-state index contributed by atoms with van der Waals surface area (Å²) in [4.78, 5) is 53.6. The number of fused-ring (bicyclic) bond motifs is 1. The van der Waals surface area contributed by atoms with E-state index >= 15 is 0 Å². The molecule has 1 aliphatic heterocycles. The van der Waals surface area contributed by atoms with Crippen LogP contribution in [0.1, 0.15) is 57.9 Å². The van der Waals surface area contributed by atoms with Crippen molar-refractivity contribution in [1.82, 2.24) is 0 Å². The minimum Gasteiger partial charge on any atom is -0.450 e. The quantitative estimate of drug-likeness (QED) is 0.136. The number of imide groups is 1. The number of anilines is 1.